The van der Waals surface area contributed by atoms with Gasteiger partial charge in [-0.05, 0) is 45.6 Å². The number of unbranched alkanes of at least 4 members (excludes halogenated alkanes) is 1. The number of carbonyl (C=O) groups excluding carboxylic acids is 3. The molecule has 0 saturated heterocycles. The molecule has 190 valence electrons. The minimum Gasteiger partial charge on any atom is -0.520 e. The van der Waals surface area contributed by atoms with E-state index in [1.54, 1.807) is 0 Å². The zero-order valence-electron chi connectivity index (χ0n) is 20.3. The van der Waals surface area contributed by atoms with Crippen LogP contribution in [0.5, 0.6) is 0 Å². The molecule has 0 unspecified atom stereocenters. The number of rotatable bonds is 11. The zero-order valence-corrected chi connectivity index (χ0v) is 22.7. The molecule has 0 aliphatic rings. The molecule has 0 heterocycles. The van der Waals surface area contributed by atoms with Gasteiger partial charge in [0.25, 0.3) is 0 Å². The Balaban J connectivity index is -0.00000159. The Hall–Kier alpha value is -3.61. The molecular formula is C23H40FmN3O5-. The molecule has 0 aliphatic heterocycles. The van der Waals surface area contributed by atoms with Gasteiger partial charge in [-0.2, -0.15) is 6.41 Å². The van der Waals surface area contributed by atoms with Crippen molar-refractivity contribution in [3.63, 3.8) is 0 Å². The smallest absolute Gasteiger partial charge is 0.338 e. The molecule has 0 radical (unpaired) electrons. The van der Waals surface area contributed by atoms with Crippen molar-refractivity contribution >= 4 is 18.4 Å². The molecule has 1 atom stereocenters. The van der Waals surface area contributed by atoms with E-state index in [0.717, 1.165) is 5.56 Å². The molecule has 9 heteroatoms. The van der Waals surface area contributed by atoms with Crippen LogP contribution in [0.2, 0.25) is 0 Å². The fraction of sp³-hybridized carbons (Fsp3) is 0.609. The van der Waals surface area contributed by atoms with Gasteiger partial charge < -0.3 is 20.2 Å². The first-order chi connectivity index (χ1) is 14.8. The minimum atomic E-state index is -0.760. The number of hydrogen-bond acceptors (Lipinski definition) is 5. The third-order valence-electron chi connectivity index (χ3n) is 3.40. The maximum Gasteiger partial charge on any atom is 0.338 e. The SMILES string of the molecule is CC.CC.CC(C)(C)ONC(=O)NCCCC[C@H](N[C-]=O)C(=O)OCc1ccccc1.[Fm]. The first-order valence-electron chi connectivity index (χ1n) is 10.9. The van der Waals surface area contributed by atoms with Crippen molar-refractivity contribution in [2.24, 2.45) is 0 Å². The largest absolute Gasteiger partial charge is 0.520 e. The third kappa shape index (κ3) is 18.4. The number of benzene rings is 1. The van der Waals surface area contributed by atoms with Crippen LogP contribution in [-0.4, -0.2) is 36.6 Å². The Morgan fingerprint density at radius 1 is 1.03 bits per heavy atom. The summed E-state index contributed by atoms with van der Waals surface area (Å²) in [4.78, 5) is 39.4. The van der Waals surface area contributed by atoms with Crippen molar-refractivity contribution in [3.8, 4) is 0 Å². The van der Waals surface area contributed by atoms with E-state index in [-0.39, 0.29) is 6.61 Å². The monoisotopic (exact) mass is 695 g/mol. The molecule has 32 heavy (non-hydrogen) atoms. The van der Waals surface area contributed by atoms with Gasteiger partial charge in [-0.15, -0.1) is 0 Å². The molecule has 3 amide bonds. The number of hydroxylamine groups is 1. The van der Waals surface area contributed by atoms with Crippen LogP contribution >= 0.6 is 0 Å². The average Bonchev–Trinajstić information content (AvgIpc) is 2.78. The van der Waals surface area contributed by atoms with Gasteiger partial charge in [0.05, 0.1) is 11.6 Å². The van der Waals surface area contributed by atoms with E-state index in [4.69, 9.17) is 9.57 Å². The maximum absolute atomic E-state index is 12.1. The summed E-state index contributed by atoms with van der Waals surface area (Å²) in [6.45, 7) is 14.0. The van der Waals surface area contributed by atoms with Crippen LogP contribution < -0.4 is 16.1 Å². The van der Waals surface area contributed by atoms with Crippen LogP contribution in [0.1, 0.15) is 73.3 Å². The van der Waals surface area contributed by atoms with Crippen LogP contribution in [0, 0.1) is 0 Å². The summed E-state index contributed by atoms with van der Waals surface area (Å²) in [6, 6.07) is 8.10. The van der Waals surface area contributed by atoms with Crippen molar-refractivity contribution in [2.75, 3.05) is 6.54 Å². The summed E-state index contributed by atoms with van der Waals surface area (Å²) in [5, 5.41) is 5.00. The molecule has 0 fully saturated rings. The number of urea groups is 1. The number of amides is 3. The van der Waals surface area contributed by atoms with E-state index in [9.17, 15) is 14.4 Å². The van der Waals surface area contributed by atoms with Gasteiger partial charge in [-0.25, -0.2) is 15.1 Å². The fourth-order valence-electron chi connectivity index (χ4n) is 2.06. The van der Waals surface area contributed by atoms with E-state index in [0.29, 0.717) is 25.8 Å². The predicted molar refractivity (Wildman–Crippen MR) is 123 cm³/mol. The van der Waals surface area contributed by atoms with Gasteiger partial charge in [0.1, 0.15) is 6.61 Å². The Labute approximate surface area is 187 Å². The van der Waals surface area contributed by atoms with Crippen molar-refractivity contribution in [3.05, 3.63) is 35.9 Å². The molecule has 1 aromatic rings. The first-order valence-corrected chi connectivity index (χ1v) is 10.9. The second-order valence-electron chi connectivity index (χ2n) is 6.96. The first kappa shape index (κ1) is 33.0. The van der Waals surface area contributed by atoms with Gasteiger partial charge in [0, 0.05) is 6.54 Å². The van der Waals surface area contributed by atoms with Crippen LogP contribution in [-0.2, 0) is 25.8 Å². The van der Waals surface area contributed by atoms with Gasteiger partial charge in [-0.3, -0.25) is 4.84 Å². The molecule has 3 N–H and O–H groups in total. The quantitative estimate of drug-likeness (QED) is 0.107. The van der Waals surface area contributed by atoms with Gasteiger partial charge in [0.15, 0.2) is 0 Å². The van der Waals surface area contributed by atoms with E-state index in [2.05, 4.69) is 16.1 Å². The summed E-state index contributed by atoms with van der Waals surface area (Å²) in [6.07, 6.45) is 3.18. The summed E-state index contributed by atoms with van der Waals surface area (Å²) >= 11 is 0. The molecule has 0 aromatic heterocycles. The van der Waals surface area contributed by atoms with Crippen LogP contribution in [0.25, 0.3) is 0 Å². The molecule has 0 saturated carbocycles. The van der Waals surface area contributed by atoms with E-state index >= 15 is 0 Å². The van der Waals surface area contributed by atoms with Crippen LogP contribution in [0.15, 0.2) is 30.3 Å². The topological polar surface area (TPSA) is 106 Å². The molecule has 8 nitrogen and oxygen atoms in total. The maximum atomic E-state index is 12.1. The summed E-state index contributed by atoms with van der Waals surface area (Å²) in [5.74, 6) is -0.508. The summed E-state index contributed by atoms with van der Waals surface area (Å²) < 4.78 is 5.23. The predicted octanol–water partition coefficient (Wildman–Crippen LogP) is 4.01. The Morgan fingerprint density at radius 3 is 2.16 bits per heavy atom. The van der Waals surface area contributed by atoms with Crippen molar-refractivity contribution < 1.29 is 24.0 Å². The van der Waals surface area contributed by atoms with Crippen LogP contribution in [0.4, 0.5) is 4.79 Å². The van der Waals surface area contributed by atoms with Crippen LogP contribution in [0.3, 0.4) is 0 Å². The fourth-order valence-corrected chi connectivity index (χ4v) is 2.06. The zero-order chi connectivity index (χ0) is 24.1. The second kappa shape index (κ2) is 20.7. The van der Waals surface area contributed by atoms with Gasteiger partial charge in [0.2, 0.25) is 0 Å². The number of hydrogen-bond donors (Lipinski definition) is 3. The number of carbonyl (C=O) groups is 2. The molecule has 0 bridgehead atoms. The van der Waals surface area contributed by atoms with Gasteiger partial charge >= 0.3 is 12.0 Å². The number of ether oxygens (including phenoxy) is 1. The standard InChI is InChI=1S/C19H28N3O5.2C2H6.Fm/c1-19(2,3)27-22-18(25)20-12-8-7-11-16(21-14-23)17(24)26-13-15-9-5-4-6-10-15;2*1-2;/h4-6,9-10,16H,7-8,11-13H2,1-3H3,(H,21,23)(H2,20,22,25);2*1-2H3;/q-1;;;/t16-;;;/m0.../s1. The molecule has 1 aromatic carbocycles. The van der Waals surface area contributed by atoms with E-state index < -0.39 is 23.6 Å². The minimum absolute atomic E-state index is 0. The number of nitrogens with one attached hydrogen (secondary N) is 3. The van der Waals surface area contributed by atoms with E-state index in [1.165, 1.54) is 6.41 Å². The molecule has 0 aliphatic carbocycles. The molecule has 1 rings (SSSR count). The van der Waals surface area contributed by atoms with Crippen molar-refractivity contribution in [1.82, 2.24) is 16.1 Å². The Kier molecular flexibility index (Phi) is 21.3. The summed E-state index contributed by atoms with van der Waals surface area (Å²) in [5.41, 5.74) is 2.70. The Bertz CT molecular complexity index is 595. The molecular weight excluding hydrogens is 655 g/mol. The molecule has 0 spiro atoms. The van der Waals surface area contributed by atoms with Gasteiger partial charge in [-0.1, -0.05) is 58.0 Å². The third-order valence-corrected chi connectivity index (χ3v) is 3.40. The van der Waals surface area contributed by atoms with E-state index in [1.807, 2.05) is 78.8 Å². The average molecular weight is 696 g/mol. The van der Waals surface area contributed by atoms with Crippen molar-refractivity contribution in [1.29, 1.82) is 0 Å². The normalized spacial score (nSPS) is 10.5. The number of esters is 1. The Morgan fingerprint density at radius 2 is 1.62 bits per heavy atom. The van der Waals surface area contributed by atoms with Crippen molar-refractivity contribution in [2.45, 2.75) is 86.0 Å². The second-order valence-corrected chi connectivity index (χ2v) is 6.96. The summed E-state index contributed by atoms with van der Waals surface area (Å²) in [7, 11) is 0.